The standard InChI is InChI=1S/C13H10ClN3O2S/c1-6-7(3-4-9-10(6)16-13(14)20-9)11(18)8-5-15-17(2)12(8)19/h3-5,15H,1-2H3. The Hall–Kier alpha value is -1.92. The largest absolute Gasteiger partial charge is 0.302 e. The number of nitrogens with one attached hydrogen (secondary N) is 1. The van der Waals surface area contributed by atoms with Crippen molar-refractivity contribution in [2.75, 3.05) is 0 Å². The molecule has 20 heavy (non-hydrogen) atoms. The Balaban J connectivity index is 2.19. The van der Waals surface area contributed by atoms with Crippen molar-refractivity contribution in [3.63, 3.8) is 0 Å². The summed E-state index contributed by atoms with van der Waals surface area (Å²) in [5, 5.41) is 2.70. The minimum atomic E-state index is -0.342. The van der Waals surface area contributed by atoms with E-state index in [0.717, 1.165) is 10.3 Å². The summed E-state index contributed by atoms with van der Waals surface area (Å²) in [7, 11) is 1.56. The Labute approximate surface area is 122 Å². The average molecular weight is 308 g/mol. The molecular weight excluding hydrogens is 298 g/mol. The first-order valence-corrected chi connectivity index (χ1v) is 7.03. The van der Waals surface area contributed by atoms with E-state index < -0.39 is 0 Å². The zero-order valence-electron chi connectivity index (χ0n) is 10.7. The van der Waals surface area contributed by atoms with E-state index in [9.17, 15) is 9.59 Å². The summed E-state index contributed by atoms with van der Waals surface area (Å²) in [6.45, 7) is 1.81. The third kappa shape index (κ3) is 1.88. The Morgan fingerprint density at radius 2 is 2.15 bits per heavy atom. The predicted octanol–water partition coefficient (Wildman–Crippen LogP) is 2.52. The van der Waals surface area contributed by atoms with Gasteiger partial charge in [-0.1, -0.05) is 11.6 Å². The lowest BCUT2D eigenvalue weighted by Crippen LogP contribution is -2.19. The van der Waals surface area contributed by atoms with Gasteiger partial charge in [0.2, 0.25) is 5.78 Å². The number of carbonyl (C=O) groups is 1. The molecule has 0 radical (unpaired) electrons. The summed E-state index contributed by atoms with van der Waals surface area (Å²) in [6, 6.07) is 3.51. The smallest absolute Gasteiger partial charge is 0.277 e. The summed E-state index contributed by atoms with van der Waals surface area (Å²) in [6.07, 6.45) is 1.42. The van der Waals surface area contributed by atoms with Crippen molar-refractivity contribution >= 4 is 38.9 Å². The van der Waals surface area contributed by atoms with Crippen LogP contribution in [0.1, 0.15) is 21.5 Å². The molecule has 0 aliphatic carbocycles. The summed E-state index contributed by atoms with van der Waals surface area (Å²) in [4.78, 5) is 28.5. The maximum absolute atomic E-state index is 12.5. The number of halogens is 1. The number of H-pyrrole nitrogens is 1. The van der Waals surface area contributed by atoms with E-state index in [1.165, 1.54) is 22.2 Å². The van der Waals surface area contributed by atoms with Crippen molar-refractivity contribution in [1.29, 1.82) is 0 Å². The molecule has 0 atom stereocenters. The normalized spacial score (nSPS) is 11.2. The molecule has 2 heterocycles. The SMILES string of the molecule is Cc1c(C(=O)c2c[nH]n(C)c2=O)ccc2sc(Cl)nc12. The molecule has 102 valence electrons. The highest BCUT2D eigenvalue weighted by Gasteiger charge is 2.19. The van der Waals surface area contributed by atoms with Crippen molar-refractivity contribution < 1.29 is 4.79 Å². The molecular formula is C13H10ClN3O2S. The van der Waals surface area contributed by atoms with Gasteiger partial charge in [0.15, 0.2) is 4.47 Å². The Morgan fingerprint density at radius 3 is 2.80 bits per heavy atom. The first kappa shape index (κ1) is 13.1. The molecule has 2 aromatic heterocycles. The van der Waals surface area contributed by atoms with Crippen LogP contribution in [0, 0.1) is 6.92 Å². The Bertz CT molecular complexity index is 891. The first-order chi connectivity index (χ1) is 9.49. The van der Waals surface area contributed by atoms with Crippen LogP contribution in [0.5, 0.6) is 0 Å². The van der Waals surface area contributed by atoms with Gasteiger partial charge >= 0.3 is 0 Å². The van der Waals surface area contributed by atoms with Gasteiger partial charge in [-0.2, -0.15) is 0 Å². The minimum Gasteiger partial charge on any atom is -0.302 e. The maximum atomic E-state index is 12.5. The topological polar surface area (TPSA) is 67.8 Å². The van der Waals surface area contributed by atoms with Gasteiger partial charge in [0.05, 0.1) is 10.2 Å². The summed E-state index contributed by atoms with van der Waals surface area (Å²) < 4.78 is 2.62. The molecule has 0 spiro atoms. The van der Waals surface area contributed by atoms with Crippen molar-refractivity contribution in [3.8, 4) is 0 Å². The van der Waals surface area contributed by atoms with E-state index >= 15 is 0 Å². The molecule has 0 amide bonds. The lowest BCUT2D eigenvalue weighted by atomic mass is 10.0. The number of thiazole rings is 1. The number of carbonyl (C=O) groups excluding carboxylic acids is 1. The Morgan fingerprint density at radius 1 is 1.40 bits per heavy atom. The molecule has 0 bridgehead atoms. The average Bonchev–Trinajstić information content (AvgIpc) is 2.94. The van der Waals surface area contributed by atoms with Crippen molar-refractivity contribution in [2.45, 2.75) is 6.92 Å². The van der Waals surface area contributed by atoms with Crippen molar-refractivity contribution in [1.82, 2.24) is 14.8 Å². The fourth-order valence-electron chi connectivity index (χ4n) is 2.11. The van der Waals surface area contributed by atoms with E-state index in [-0.39, 0.29) is 16.9 Å². The van der Waals surface area contributed by atoms with E-state index in [1.54, 1.807) is 19.2 Å². The van der Waals surface area contributed by atoms with Gasteiger partial charge in [0, 0.05) is 18.8 Å². The highest BCUT2D eigenvalue weighted by atomic mass is 35.5. The van der Waals surface area contributed by atoms with Crippen LogP contribution in [0.25, 0.3) is 10.2 Å². The number of aromatic amines is 1. The predicted molar refractivity (Wildman–Crippen MR) is 78.8 cm³/mol. The molecule has 0 saturated carbocycles. The molecule has 1 N–H and O–H groups in total. The lowest BCUT2D eigenvalue weighted by Gasteiger charge is -2.03. The second kappa shape index (κ2) is 4.57. The summed E-state index contributed by atoms with van der Waals surface area (Å²) >= 11 is 7.26. The van der Waals surface area contributed by atoms with E-state index in [0.29, 0.717) is 15.5 Å². The van der Waals surface area contributed by atoms with Gasteiger partial charge in [-0.15, -0.1) is 11.3 Å². The zero-order valence-corrected chi connectivity index (χ0v) is 12.3. The minimum absolute atomic E-state index is 0.122. The van der Waals surface area contributed by atoms with Crippen LogP contribution in [-0.4, -0.2) is 20.5 Å². The van der Waals surface area contributed by atoms with Crippen molar-refractivity contribution in [3.05, 3.63) is 49.8 Å². The van der Waals surface area contributed by atoms with E-state index in [2.05, 4.69) is 10.1 Å². The van der Waals surface area contributed by atoms with Crippen LogP contribution >= 0.6 is 22.9 Å². The third-order valence-corrected chi connectivity index (χ3v) is 4.34. The number of hydrogen-bond donors (Lipinski definition) is 1. The third-order valence-electron chi connectivity index (χ3n) is 3.21. The van der Waals surface area contributed by atoms with Crippen LogP contribution < -0.4 is 5.56 Å². The first-order valence-electron chi connectivity index (χ1n) is 5.84. The molecule has 0 aliphatic rings. The van der Waals surface area contributed by atoms with Gasteiger partial charge in [-0.25, -0.2) is 4.98 Å². The van der Waals surface area contributed by atoms with Crippen LogP contribution in [-0.2, 0) is 7.05 Å². The van der Waals surface area contributed by atoms with Crippen LogP contribution in [0.15, 0.2) is 23.1 Å². The quantitative estimate of drug-likeness (QED) is 0.740. The second-order valence-corrected chi connectivity index (χ2v) is 6.04. The number of ketones is 1. The highest BCUT2D eigenvalue weighted by molar-refractivity contribution is 7.22. The van der Waals surface area contributed by atoms with E-state index in [1.807, 2.05) is 6.92 Å². The fourth-order valence-corrected chi connectivity index (χ4v) is 3.20. The van der Waals surface area contributed by atoms with Crippen LogP contribution in [0.3, 0.4) is 0 Å². The van der Waals surface area contributed by atoms with Crippen molar-refractivity contribution in [2.24, 2.45) is 7.05 Å². The molecule has 3 aromatic rings. The number of rotatable bonds is 2. The summed E-state index contributed by atoms with van der Waals surface area (Å²) in [5.41, 5.74) is 1.69. The molecule has 0 saturated heterocycles. The second-order valence-electron chi connectivity index (χ2n) is 4.43. The zero-order chi connectivity index (χ0) is 14.4. The Kier molecular flexibility index (Phi) is 2.99. The molecule has 0 fully saturated rings. The molecule has 7 heteroatoms. The molecule has 5 nitrogen and oxygen atoms in total. The number of nitrogens with zero attached hydrogens (tertiary/aromatic N) is 2. The molecule has 3 rings (SSSR count). The van der Waals surface area contributed by atoms with Crippen LogP contribution in [0.2, 0.25) is 4.47 Å². The number of benzene rings is 1. The van der Waals surface area contributed by atoms with Gasteiger partial charge in [-0.05, 0) is 24.6 Å². The fraction of sp³-hybridized carbons (Fsp3) is 0.154. The molecule has 0 aliphatic heterocycles. The highest BCUT2D eigenvalue weighted by Crippen LogP contribution is 2.30. The van der Waals surface area contributed by atoms with Gasteiger partial charge in [0.25, 0.3) is 5.56 Å². The lowest BCUT2D eigenvalue weighted by molar-refractivity contribution is 0.103. The number of aryl methyl sites for hydroxylation is 2. The van der Waals surface area contributed by atoms with E-state index in [4.69, 9.17) is 11.6 Å². The van der Waals surface area contributed by atoms with Gasteiger partial charge < -0.3 is 5.10 Å². The summed E-state index contributed by atoms with van der Waals surface area (Å²) in [5.74, 6) is -0.310. The number of fused-ring (bicyclic) bond motifs is 1. The van der Waals surface area contributed by atoms with Gasteiger partial charge in [0.1, 0.15) is 5.56 Å². The molecule has 0 unspecified atom stereocenters. The number of hydrogen-bond acceptors (Lipinski definition) is 4. The number of aromatic nitrogens is 3. The van der Waals surface area contributed by atoms with Gasteiger partial charge in [-0.3, -0.25) is 14.3 Å². The monoisotopic (exact) mass is 307 g/mol. The maximum Gasteiger partial charge on any atom is 0.277 e. The molecule has 1 aromatic carbocycles. The van der Waals surface area contributed by atoms with Crippen LogP contribution in [0.4, 0.5) is 0 Å².